The number of nitrogen functional groups attached to an aromatic ring is 1. The maximum atomic E-state index is 11.8. The fraction of sp³-hybridized carbons (Fsp3) is 0.600. The number of fused-ring (bicyclic) bond motifs is 1. The van der Waals surface area contributed by atoms with Crippen LogP contribution in [0, 0.1) is 5.41 Å². The zero-order valence-corrected chi connectivity index (χ0v) is 13.9. The van der Waals surface area contributed by atoms with Gasteiger partial charge in [-0.25, -0.2) is 4.98 Å². The van der Waals surface area contributed by atoms with Crippen LogP contribution >= 0.6 is 0 Å². The quantitative estimate of drug-likeness (QED) is 0.800. The Morgan fingerprint density at radius 2 is 2.25 bits per heavy atom. The lowest BCUT2D eigenvalue weighted by molar-refractivity contribution is -0.157. The van der Waals surface area contributed by atoms with Gasteiger partial charge in [0.2, 0.25) is 5.95 Å². The Bertz CT molecular complexity index is 819. The number of esters is 1. The monoisotopic (exact) mass is 335 g/mol. The molecule has 0 spiro atoms. The first-order valence-corrected chi connectivity index (χ1v) is 7.80. The first-order valence-electron chi connectivity index (χ1n) is 7.80. The molecule has 0 radical (unpaired) electrons. The summed E-state index contributed by atoms with van der Waals surface area (Å²) in [5.74, 6) is -0.230. The van der Waals surface area contributed by atoms with E-state index in [0.717, 1.165) is 6.42 Å². The Balaban J connectivity index is 1.70. The predicted octanol–water partition coefficient (Wildman–Crippen LogP) is 0.969. The van der Waals surface area contributed by atoms with Gasteiger partial charge in [0.1, 0.15) is 12.8 Å². The van der Waals surface area contributed by atoms with Crippen molar-refractivity contribution in [1.29, 1.82) is 0 Å². The number of ether oxygens (including phenoxy) is 2. The molecule has 3 rings (SSSR count). The van der Waals surface area contributed by atoms with Gasteiger partial charge in [0, 0.05) is 0 Å². The van der Waals surface area contributed by atoms with Gasteiger partial charge in [-0.05, 0) is 33.6 Å². The van der Waals surface area contributed by atoms with Gasteiger partial charge in [0.15, 0.2) is 11.2 Å². The van der Waals surface area contributed by atoms with Crippen molar-refractivity contribution in [2.45, 2.75) is 45.9 Å². The van der Waals surface area contributed by atoms with Gasteiger partial charge in [-0.3, -0.25) is 19.1 Å². The number of nitrogens with two attached hydrogens (primary N) is 1. The minimum absolute atomic E-state index is 0.0305. The number of H-pyrrole nitrogens is 1. The maximum absolute atomic E-state index is 11.8. The lowest BCUT2D eigenvalue weighted by Gasteiger charge is -2.19. The van der Waals surface area contributed by atoms with E-state index in [9.17, 15) is 9.59 Å². The fourth-order valence-electron chi connectivity index (χ4n) is 2.55. The lowest BCUT2D eigenvalue weighted by Crippen LogP contribution is -2.27. The van der Waals surface area contributed by atoms with Crippen molar-refractivity contribution in [3.8, 4) is 0 Å². The molecule has 9 nitrogen and oxygen atoms in total. The summed E-state index contributed by atoms with van der Waals surface area (Å²) in [7, 11) is 0. The van der Waals surface area contributed by atoms with Crippen LogP contribution in [0.1, 0.15) is 39.8 Å². The largest absolute Gasteiger partial charge is 0.463 e. The Morgan fingerprint density at radius 1 is 1.50 bits per heavy atom. The lowest BCUT2D eigenvalue weighted by atomic mass is 9.97. The number of carbonyl (C=O) groups excluding carboxylic acids is 1. The van der Waals surface area contributed by atoms with E-state index in [-0.39, 0.29) is 41.9 Å². The number of aromatic amines is 1. The van der Waals surface area contributed by atoms with Crippen LogP contribution in [0.4, 0.5) is 5.95 Å². The summed E-state index contributed by atoms with van der Waals surface area (Å²) in [5.41, 5.74) is 5.27. The number of hydrogen-bond donors (Lipinski definition) is 2. The van der Waals surface area contributed by atoms with Gasteiger partial charge in [-0.2, -0.15) is 4.98 Å². The second kappa shape index (κ2) is 5.90. The van der Waals surface area contributed by atoms with E-state index in [1.807, 2.05) is 0 Å². The molecule has 2 aromatic rings. The van der Waals surface area contributed by atoms with E-state index in [2.05, 4.69) is 15.0 Å². The van der Waals surface area contributed by atoms with Gasteiger partial charge >= 0.3 is 5.97 Å². The molecule has 0 aromatic carbocycles. The van der Waals surface area contributed by atoms with Crippen molar-refractivity contribution in [3.63, 3.8) is 0 Å². The summed E-state index contributed by atoms with van der Waals surface area (Å²) in [5, 5.41) is 0. The Hall–Kier alpha value is -2.42. The predicted molar refractivity (Wildman–Crippen MR) is 86.1 cm³/mol. The van der Waals surface area contributed by atoms with Crippen LogP contribution in [0.25, 0.3) is 11.2 Å². The molecule has 0 amide bonds. The summed E-state index contributed by atoms with van der Waals surface area (Å²) >= 11 is 0. The molecule has 0 aliphatic carbocycles. The van der Waals surface area contributed by atoms with E-state index in [0.29, 0.717) is 12.1 Å². The molecule has 1 aliphatic rings. The number of anilines is 1. The summed E-state index contributed by atoms with van der Waals surface area (Å²) in [6, 6.07) is 0. The minimum atomic E-state index is -0.541. The minimum Gasteiger partial charge on any atom is -0.463 e. The fourth-order valence-corrected chi connectivity index (χ4v) is 2.55. The van der Waals surface area contributed by atoms with E-state index >= 15 is 0 Å². The normalized spacial score (nSPS) is 21.3. The van der Waals surface area contributed by atoms with Crippen LogP contribution in [-0.2, 0) is 14.3 Å². The average molecular weight is 335 g/mol. The Morgan fingerprint density at radius 3 is 2.96 bits per heavy atom. The highest BCUT2D eigenvalue weighted by molar-refractivity contribution is 5.75. The van der Waals surface area contributed by atoms with Crippen molar-refractivity contribution >= 4 is 23.1 Å². The van der Waals surface area contributed by atoms with Crippen molar-refractivity contribution in [1.82, 2.24) is 19.5 Å². The number of hydrogen-bond acceptors (Lipinski definition) is 7. The average Bonchev–Trinajstić information content (AvgIpc) is 3.09. The van der Waals surface area contributed by atoms with Crippen molar-refractivity contribution in [2.24, 2.45) is 5.41 Å². The number of nitrogens with one attached hydrogen (secondary N) is 1. The summed E-state index contributed by atoms with van der Waals surface area (Å²) < 4.78 is 12.9. The van der Waals surface area contributed by atoms with Crippen molar-refractivity contribution in [3.05, 3.63) is 16.7 Å². The standard InChI is InChI=1S/C15H21N5O4/c1-15(2,3)13(22)23-6-8-4-5-9(24-8)20-7-17-10-11(20)18-14(16)19-12(10)21/h7-9H,4-6H2,1-3H3,(H3,16,18,19,21)/t8-,9+/m1/s1. The topological polar surface area (TPSA) is 125 Å². The van der Waals surface area contributed by atoms with Crippen LogP contribution in [0.15, 0.2) is 11.1 Å². The Labute approximate surface area is 138 Å². The number of carbonyl (C=O) groups is 1. The second-order valence-electron chi connectivity index (χ2n) is 6.91. The first-order chi connectivity index (χ1) is 11.3. The molecule has 1 fully saturated rings. The molecule has 2 aromatic heterocycles. The van der Waals surface area contributed by atoms with Gasteiger partial charge in [-0.1, -0.05) is 0 Å². The zero-order valence-electron chi connectivity index (χ0n) is 13.9. The number of rotatable bonds is 3. The molecule has 1 saturated heterocycles. The summed E-state index contributed by atoms with van der Waals surface area (Å²) in [6.07, 6.45) is 2.44. The number of nitrogens with zero attached hydrogens (tertiary/aromatic N) is 3. The van der Waals surface area contributed by atoms with Gasteiger partial charge in [0.25, 0.3) is 5.56 Å². The van der Waals surface area contributed by atoms with E-state index in [1.54, 1.807) is 25.3 Å². The molecule has 1 aliphatic heterocycles. The van der Waals surface area contributed by atoms with Crippen LogP contribution in [-0.4, -0.2) is 38.2 Å². The third kappa shape index (κ3) is 3.12. The highest BCUT2D eigenvalue weighted by Crippen LogP contribution is 2.30. The highest BCUT2D eigenvalue weighted by atomic mass is 16.6. The molecule has 2 atom stereocenters. The SMILES string of the molecule is CC(C)(C)C(=O)OC[C@H]1CC[C@@H](n2cnc3c(=O)[nH]c(N)nc32)O1. The van der Waals surface area contributed by atoms with Crippen LogP contribution in [0.3, 0.4) is 0 Å². The molecule has 3 heterocycles. The molecule has 0 unspecified atom stereocenters. The van der Waals surface area contributed by atoms with E-state index < -0.39 is 5.41 Å². The number of imidazole rings is 1. The van der Waals surface area contributed by atoms with E-state index in [1.165, 1.54) is 6.33 Å². The molecule has 24 heavy (non-hydrogen) atoms. The smallest absolute Gasteiger partial charge is 0.311 e. The molecule has 130 valence electrons. The summed E-state index contributed by atoms with van der Waals surface area (Å²) in [4.78, 5) is 34.3. The second-order valence-corrected chi connectivity index (χ2v) is 6.91. The third-order valence-electron chi connectivity index (χ3n) is 3.86. The molecule has 9 heteroatoms. The maximum Gasteiger partial charge on any atom is 0.311 e. The van der Waals surface area contributed by atoms with Gasteiger partial charge < -0.3 is 15.2 Å². The molecular formula is C15H21N5O4. The van der Waals surface area contributed by atoms with Crippen LogP contribution in [0.2, 0.25) is 0 Å². The van der Waals surface area contributed by atoms with Crippen molar-refractivity contribution < 1.29 is 14.3 Å². The molecule has 0 saturated carbocycles. The summed E-state index contributed by atoms with van der Waals surface area (Å²) in [6.45, 7) is 5.62. The first kappa shape index (κ1) is 16.4. The molecule has 0 bridgehead atoms. The molecular weight excluding hydrogens is 314 g/mol. The van der Waals surface area contributed by atoms with Gasteiger partial charge in [-0.15, -0.1) is 0 Å². The van der Waals surface area contributed by atoms with E-state index in [4.69, 9.17) is 15.2 Å². The van der Waals surface area contributed by atoms with Gasteiger partial charge in [0.05, 0.1) is 17.8 Å². The number of aromatic nitrogens is 4. The Kier molecular flexibility index (Phi) is 4.04. The van der Waals surface area contributed by atoms with Crippen LogP contribution in [0.5, 0.6) is 0 Å². The molecule has 3 N–H and O–H groups in total. The van der Waals surface area contributed by atoms with Crippen molar-refractivity contribution in [2.75, 3.05) is 12.3 Å². The highest BCUT2D eigenvalue weighted by Gasteiger charge is 2.31. The van der Waals surface area contributed by atoms with Crippen LogP contribution < -0.4 is 11.3 Å². The third-order valence-corrected chi connectivity index (χ3v) is 3.86. The zero-order chi connectivity index (χ0) is 17.5.